The molecule has 0 bridgehead atoms. The van der Waals surface area contributed by atoms with Gasteiger partial charge in [0.15, 0.2) is 11.0 Å². The van der Waals surface area contributed by atoms with E-state index in [2.05, 4.69) is 30.8 Å². The zero-order valence-corrected chi connectivity index (χ0v) is 12.3. The van der Waals surface area contributed by atoms with Crippen LogP contribution in [0.3, 0.4) is 0 Å². The highest BCUT2D eigenvalue weighted by Gasteiger charge is 2.18. The van der Waals surface area contributed by atoms with E-state index in [0.717, 1.165) is 18.2 Å². The molecule has 0 atom stereocenters. The Hall–Kier alpha value is -1.25. The van der Waals surface area contributed by atoms with Crippen molar-refractivity contribution < 1.29 is 12.8 Å². The minimum atomic E-state index is -3.88. The van der Waals surface area contributed by atoms with Crippen LogP contribution in [0.1, 0.15) is 0 Å². The smallest absolute Gasteiger partial charge is 0.262 e. The van der Waals surface area contributed by atoms with Crippen LogP contribution < -0.4 is 4.72 Å². The normalized spacial score (nSPS) is 11.3. The highest BCUT2D eigenvalue weighted by atomic mass is 79.9. The molecule has 1 N–H and O–H groups in total. The fourth-order valence-electron chi connectivity index (χ4n) is 1.26. The van der Waals surface area contributed by atoms with E-state index in [-0.39, 0.29) is 20.3 Å². The average molecular weight is 367 g/mol. The second-order valence-corrected chi connectivity index (χ2v) is 6.31. The minimum Gasteiger partial charge on any atom is -0.262 e. The monoisotopic (exact) mass is 365 g/mol. The van der Waals surface area contributed by atoms with E-state index in [1.165, 1.54) is 12.1 Å². The second kappa shape index (κ2) is 5.40. The summed E-state index contributed by atoms with van der Waals surface area (Å²) in [6, 6.07) is 6.01. The van der Waals surface area contributed by atoms with Gasteiger partial charge < -0.3 is 0 Å². The largest absolute Gasteiger partial charge is 0.264 e. The van der Waals surface area contributed by atoms with Crippen LogP contribution in [0, 0.1) is 5.82 Å². The third-order valence-corrected chi connectivity index (χ3v) is 4.59. The quantitative estimate of drug-likeness (QED) is 0.906. The first-order valence-electron chi connectivity index (χ1n) is 4.85. The third kappa shape index (κ3) is 3.40. The molecular formula is C10H6BrClFN3O2S. The van der Waals surface area contributed by atoms with E-state index >= 15 is 0 Å². The first-order valence-corrected chi connectivity index (χ1v) is 7.51. The molecule has 0 saturated carbocycles. The van der Waals surface area contributed by atoms with Gasteiger partial charge in [0.25, 0.3) is 10.0 Å². The van der Waals surface area contributed by atoms with Crippen LogP contribution in [0.2, 0.25) is 5.15 Å². The Morgan fingerprint density at radius 1 is 1.21 bits per heavy atom. The summed E-state index contributed by atoms with van der Waals surface area (Å²) in [4.78, 5) is -0.106. The summed E-state index contributed by atoms with van der Waals surface area (Å²) in [5, 5.41) is 7.23. The lowest BCUT2D eigenvalue weighted by atomic mass is 10.3. The fraction of sp³-hybridized carbons (Fsp3) is 0. The predicted molar refractivity (Wildman–Crippen MR) is 72.0 cm³/mol. The number of rotatable bonds is 3. The summed E-state index contributed by atoms with van der Waals surface area (Å²) in [6.07, 6.45) is 0. The molecule has 0 aliphatic heterocycles. The molecule has 0 aliphatic carbocycles. The molecular weight excluding hydrogens is 361 g/mol. The van der Waals surface area contributed by atoms with Crippen molar-refractivity contribution in [3.63, 3.8) is 0 Å². The van der Waals surface area contributed by atoms with Crippen LogP contribution in [-0.2, 0) is 10.0 Å². The van der Waals surface area contributed by atoms with Crippen molar-refractivity contribution in [1.82, 2.24) is 10.2 Å². The van der Waals surface area contributed by atoms with E-state index < -0.39 is 15.8 Å². The molecule has 9 heteroatoms. The molecule has 19 heavy (non-hydrogen) atoms. The van der Waals surface area contributed by atoms with Crippen LogP contribution in [0.15, 0.2) is 39.7 Å². The molecule has 1 heterocycles. The summed E-state index contributed by atoms with van der Waals surface area (Å²) >= 11 is 8.53. The van der Waals surface area contributed by atoms with Crippen LogP contribution >= 0.6 is 27.5 Å². The zero-order valence-electron chi connectivity index (χ0n) is 9.14. The SMILES string of the molecule is O=S(=O)(Nc1ccc(Cl)nn1)c1ccc(F)cc1Br. The summed E-state index contributed by atoms with van der Waals surface area (Å²) in [5.74, 6) is -0.530. The lowest BCUT2D eigenvalue weighted by molar-refractivity contribution is 0.598. The number of hydrogen-bond donors (Lipinski definition) is 1. The van der Waals surface area contributed by atoms with Crippen molar-refractivity contribution in [3.05, 3.63) is 45.8 Å². The molecule has 2 aromatic rings. The van der Waals surface area contributed by atoms with Crippen LogP contribution in [0.25, 0.3) is 0 Å². The minimum absolute atomic E-state index is 0.0145. The highest BCUT2D eigenvalue weighted by Crippen LogP contribution is 2.24. The average Bonchev–Trinajstić information content (AvgIpc) is 2.31. The number of anilines is 1. The molecule has 0 aliphatic rings. The molecule has 0 fully saturated rings. The summed E-state index contributed by atoms with van der Waals surface area (Å²) in [7, 11) is -3.88. The Morgan fingerprint density at radius 2 is 1.95 bits per heavy atom. The topological polar surface area (TPSA) is 72.0 Å². The Kier molecular flexibility index (Phi) is 4.02. The molecule has 1 aromatic heterocycles. The Labute approximate surface area is 122 Å². The van der Waals surface area contributed by atoms with Crippen LogP contribution in [0.5, 0.6) is 0 Å². The third-order valence-electron chi connectivity index (χ3n) is 2.05. The van der Waals surface area contributed by atoms with Crippen molar-refractivity contribution in [2.24, 2.45) is 0 Å². The zero-order chi connectivity index (χ0) is 14.0. The Morgan fingerprint density at radius 3 is 2.53 bits per heavy atom. The van der Waals surface area contributed by atoms with E-state index in [9.17, 15) is 12.8 Å². The van der Waals surface area contributed by atoms with Crippen molar-refractivity contribution in [1.29, 1.82) is 0 Å². The maximum Gasteiger partial charge on any atom is 0.264 e. The molecule has 0 unspecified atom stereocenters. The van der Waals surface area contributed by atoms with Gasteiger partial charge in [-0.05, 0) is 46.3 Å². The fourth-order valence-corrected chi connectivity index (χ4v) is 3.40. The Balaban J connectivity index is 2.35. The lowest BCUT2D eigenvalue weighted by Crippen LogP contribution is -2.14. The number of aromatic nitrogens is 2. The van der Waals surface area contributed by atoms with Crippen molar-refractivity contribution in [2.75, 3.05) is 4.72 Å². The van der Waals surface area contributed by atoms with Gasteiger partial charge in [-0.3, -0.25) is 4.72 Å². The van der Waals surface area contributed by atoms with Gasteiger partial charge in [-0.15, -0.1) is 10.2 Å². The number of hydrogen-bond acceptors (Lipinski definition) is 4. The highest BCUT2D eigenvalue weighted by molar-refractivity contribution is 9.10. The standard InChI is InChI=1S/C10H6BrClFN3O2S/c11-7-5-6(13)1-2-8(7)19(17,18)16-10-4-3-9(12)14-15-10/h1-5H,(H,15,16). The van der Waals surface area contributed by atoms with Gasteiger partial charge in [0, 0.05) is 4.47 Å². The molecule has 2 rings (SSSR count). The van der Waals surface area contributed by atoms with Gasteiger partial charge in [0.2, 0.25) is 0 Å². The molecule has 1 aromatic carbocycles. The van der Waals surface area contributed by atoms with E-state index in [1.807, 2.05) is 0 Å². The Bertz CT molecular complexity index is 709. The van der Waals surface area contributed by atoms with Crippen molar-refractivity contribution in [2.45, 2.75) is 4.90 Å². The first kappa shape index (κ1) is 14.2. The number of nitrogens with one attached hydrogen (secondary N) is 1. The van der Waals surface area contributed by atoms with E-state index in [0.29, 0.717) is 0 Å². The lowest BCUT2D eigenvalue weighted by Gasteiger charge is -2.08. The first-order chi connectivity index (χ1) is 8.88. The molecule has 5 nitrogen and oxygen atoms in total. The maximum atomic E-state index is 12.9. The van der Waals surface area contributed by atoms with Gasteiger partial charge in [-0.2, -0.15) is 0 Å². The van der Waals surface area contributed by atoms with Gasteiger partial charge in [0.1, 0.15) is 10.7 Å². The van der Waals surface area contributed by atoms with Gasteiger partial charge in [0.05, 0.1) is 0 Å². The number of sulfonamides is 1. The molecule has 0 saturated heterocycles. The summed E-state index contributed by atoms with van der Waals surface area (Å²) in [6.45, 7) is 0. The van der Waals surface area contributed by atoms with Gasteiger partial charge in [-0.1, -0.05) is 11.6 Å². The van der Waals surface area contributed by atoms with E-state index in [4.69, 9.17) is 11.6 Å². The van der Waals surface area contributed by atoms with Crippen LogP contribution in [0.4, 0.5) is 10.2 Å². The predicted octanol–water partition coefficient (Wildman–Crippen LogP) is 2.83. The molecule has 0 radical (unpaired) electrons. The number of benzene rings is 1. The van der Waals surface area contributed by atoms with E-state index in [1.54, 1.807) is 0 Å². The van der Waals surface area contributed by atoms with Gasteiger partial charge >= 0.3 is 0 Å². The molecule has 100 valence electrons. The summed E-state index contributed by atoms with van der Waals surface area (Å²) < 4.78 is 39.4. The maximum absolute atomic E-state index is 12.9. The second-order valence-electron chi connectivity index (χ2n) is 3.42. The van der Waals surface area contributed by atoms with Gasteiger partial charge in [-0.25, -0.2) is 12.8 Å². The van der Waals surface area contributed by atoms with Crippen molar-refractivity contribution >= 4 is 43.4 Å². The number of halogens is 3. The summed E-state index contributed by atoms with van der Waals surface area (Å²) in [5.41, 5.74) is 0. The number of nitrogens with zero attached hydrogens (tertiary/aromatic N) is 2. The molecule has 0 amide bonds. The van der Waals surface area contributed by atoms with Crippen molar-refractivity contribution in [3.8, 4) is 0 Å². The van der Waals surface area contributed by atoms with Crippen LogP contribution in [-0.4, -0.2) is 18.6 Å². The molecule has 0 spiro atoms.